The van der Waals surface area contributed by atoms with Gasteiger partial charge >= 0.3 is 0 Å². The summed E-state index contributed by atoms with van der Waals surface area (Å²) < 4.78 is 1.07. The molecular formula is C39H48Cl3N2+. The van der Waals surface area contributed by atoms with E-state index in [2.05, 4.69) is 101 Å². The zero-order valence-electron chi connectivity index (χ0n) is 27.3. The Labute approximate surface area is 280 Å². The van der Waals surface area contributed by atoms with Crippen molar-refractivity contribution in [2.75, 3.05) is 18.0 Å². The van der Waals surface area contributed by atoms with Gasteiger partial charge in [0.05, 0.1) is 12.0 Å². The molecule has 0 amide bonds. The summed E-state index contributed by atoms with van der Waals surface area (Å²) in [5.41, 5.74) is 9.29. The van der Waals surface area contributed by atoms with Gasteiger partial charge in [-0.05, 0) is 105 Å². The smallest absolute Gasteiger partial charge is 0.167 e. The van der Waals surface area contributed by atoms with Gasteiger partial charge in [-0.2, -0.15) is 0 Å². The molecule has 0 bridgehead atoms. The van der Waals surface area contributed by atoms with E-state index in [0.717, 1.165) is 58.2 Å². The Kier molecular flexibility index (Phi) is 8.72. The molecule has 2 aromatic carbocycles. The van der Waals surface area contributed by atoms with Crippen molar-refractivity contribution in [3.8, 4) is 0 Å². The van der Waals surface area contributed by atoms with Gasteiger partial charge in [-0.3, -0.25) is 4.48 Å². The van der Waals surface area contributed by atoms with Gasteiger partial charge in [-0.25, -0.2) is 0 Å². The number of quaternary nitrogens is 1. The Hall–Kier alpha value is -1.97. The Bertz CT molecular complexity index is 1580. The minimum atomic E-state index is -0.125. The topological polar surface area (TPSA) is 3.24 Å². The molecule has 3 heterocycles. The standard InChI is InChI=1S/C39H48Cl3N2/c1-7-9-22-43-32-18-16-28(40)24-30(32)38(3,4)35(43)21-15-27-13-11-12-26(36(27)42)14-19-34-37-39(5,6)31-25-29(41)17-20-33(31)44(34,37)23-10-8-2/h14-21,24-25,34,37H,7-13,22-23H2,1-6H3/q+1. The van der Waals surface area contributed by atoms with Crippen LogP contribution in [-0.4, -0.2) is 25.2 Å². The van der Waals surface area contributed by atoms with Gasteiger partial charge in [0.15, 0.2) is 12.1 Å². The normalized spacial score (nSPS) is 28.2. The summed E-state index contributed by atoms with van der Waals surface area (Å²) in [6.07, 6.45) is 17.4. The first-order valence-corrected chi connectivity index (χ1v) is 17.9. The van der Waals surface area contributed by atoms with Crippen molar-refractivity contribution in [2.45, 2.75) is 109 Å². The Balaban J connectivity index is 1.30. The highest BCUT2D eigenvalue weighted by atomic mass is 35.5. The highest BCUT2D eigenvalue weighted by Crippen LogP contribution is 2.64. The van der Waals surface area contributed by atoms with Crippen LogP contribution in [0.3, 0.4) is 0 Å². The van der Waals surface area contributed by atoms with Crippen LogP contribution < -0.4 is 9.38 Å². The third-order valence-corrected chi connectivity index (χ3v) is 11.9. The summed E-state index contributed by atoms with van der Waals surface area (Å²) in [7, 11) is 0. The number of hydrogen-bond acceptors (Lipinski definition) is 1. The van der Waals surface area contributed by atoms with Gasteiger partial charge in [0.2, 0.25) is 0 Å². The van der Waals surface area contributed by atoms with E-state index in [9.17, 15) is 0 Å². The van der Waals surface area contributed by atoms with Crippen LogP contribution in [0.15, 0.2) is 82.6 Å². The molecular weight excluding hydrogens is 603 g/mol. The predicted octanol–water partition coefficient (Wildman–Crippen LogP) is 11.8. The van der Waals surface area contributed by atoms with Crippen molar-refractivity contribution < 1.29 is 0 Å². The fourth-order valence-corrected chi connectivity index (χ4v) is 9.32. The molecule has 0 radical (unpaired) electrons. The van der Waals surface area contributed by atoms with Crippen molar-refractivity contribution in [1.82, 2.24) is 4.48 Å². The maximum atomic E-state index is 7.21. The molecule has 6 rings (SSSR count). The summed E-state index contributed by atoms with van der Waals surface area (Å²) in [6.45, 7) is 16.2. The van der Waals surface area contributed by atoms with Gasteiger partial charge in [-0.15, -0.1) is 0 Å². The second-order valence-corrected chi connectivity index (χ2v) is 15.7. The average molecular weight is 651 g/mol. The molecule has 0 saturated carbocycles. The summed E-state index contributed by atoms with van der Waals surface area (Å²) >= 11 is 20.2. The molecule has 1 saturated heterocycles. The number of unbranched alkanes of at least 4 members (excludes halogenated alkanes) is 2. The van der Waals surface area contributed by atoms with Crippen molar-refractivity contribution in [1.29, 1.82) is 0 Å². The Morgan fingerprint density at radius 1 is 0.886 bits per heavy atom. The number of benzene rings is 2. The number of anilines is 1. The molecule has 3 aliphatic heterocycles. The predicted molar refractivity (Wildman–Crippen MR) is 192 cm³/mol. The summed E-state index contributed by atoms with van der Waals surface area (Å²) in [5, 5.41) is 2.58. The lowest BCUT2D eigenvalue weighted by molar-refractivity contribution is 0.429. The molecule has 3 atom stereocenters. The van der Waals surface area contributed by atoms with Crippen molar-refractivity contribution in [3.63, 3.8) is 0 Å². The molecule has 1 fully saturated rings. The third-order valence-electron chi connectivity index (χ3n) is 11.0. The minimum absolute atomic E-state index is 0.0878. The number of rotatable bonds is 9. The van der Waals surface area contributed by atoms with Crippen LogP contribution in [0.1, 0.15) is 97.6 Å². The van der Waals surface area contributed by atoms with Gasteiger partial charge < -0.3 is 4.90 Å². The van der Waals surface area contributed by atoms with E-state index in [1.807, 2.05) is 6.07 Å². The van der Waals surface area contributed by atoms with E-state index < -0.39 is 0 Å². The van der Waals surface area contributed by atoms with Gasteiger partial charge in [0.1, 0.15) is 5.69 Å². The van der Waals surface area contributed by atoms with Crippen molar-refractivity contribution >= 4 is 46.2 Å². The monoisotopic (exact) mass is 649 g/mol. The molecule has 4 aliphatic rings. The first-order valence-electron chi connectivity index (χ1n) is 16.7. The highest BCUT2D eigenvalue weighted by Gasteiger charge is 2.77. The third kappa shape index (κ3) is 5.13. The number of fused-ring (bicyclic) bond motifs is 4. The maximum absolute atomic E-state index is 7.21. The second kappa shape index (κ2) is 12.0. The first kappa shape index (κ1) is 32.0. The summed E-state index contributed by atoms with van der Waals surface area (Å²) in [4.78, 5) is 2.50. The van der Waals surface area contributed by atoms with Crippen LogP contribution in [0.2, 0.25) is 10.0 Å². The lowest BCUT2D eigenvalue weighted by atomic mass is 9.80. The molecule has 2 aromatic rings. The molecule has 0 spiro atoms. The first-order chi connectivity index (χ1) is 21.0. The summed E-state index contributed by atoms with van der Waals surface area (Å²) in [5.74, 6) is 0. The molecule has 1 aliphatic carbocycles. The average Bonchev–Trinajstić information content (AvgIpc) is 3.54. The van der Waals surface area contributed by atoms with Crippen LogP contribution in [0.4, 0.5) is 11.4 Å². The SMILES string of the molecule is CCCCN1C(=CC=C2CCCC(C=CC3C4C(C)(C)c5cc(Cl)ccc5[N+]34CCCC)=C2Cl)C(C)(C)c2cc(Cl)ccc21. The van der Waals surface area contributed by atoms with Crippen molar-refractivity contribution in [2.24, 2.45) is 0 Å². The fraction of sp³-hybridized carbons (Fsp3) is 0.487. The van der Waals surface area contributed by atoms with Gasteiger partial charge in [0.25, 0.3) is 0 Å². The van der Waals surface area contributed by atoms with Crippen LogP contribution in [0.5, 0.6) is 0 Å². The minimum Gasteiger partial charge on any atom is -0.344 e. The van der Waals surface area contributed by atoms with E-state index in [4.69, 9.17) is 34.8 Å². The molecule has 5 heteroatoms. The van der Waals surface area contributed by atoms with Crippen LogP contribution in [0, 0.1) is 0 Å². The van der Waals surface area contributed by atoms with E-state index in [1.165, 1.54) is 58.7 Å². The number of nitrogens with zero attached hydrogens (tertiary/aromatic N) is 2. The van der Waals surface area contributed by atoms with E-state index >= 15 is 0 Å². The van der Waals surface area contributed by atoms with E-state index in [-0.39, 0.29) is 10.8 Å². The number of halogens is 3. The van der Waals surface area contributed by atoms with Gasteiger partial charge in [0, 0.05) is 50.1 Å². The molecule has 3 unspecified atom stereocenters. The van der Waals surface area contributed by atoms with Crippen LogP contribution in [-0.2, 0) is 10.8 Å². The molecule has 0 N–H and O–H groups in total. The van der Waals surface area contributed by atoms with Crippen LogP contribution in [0.25, 0.3) is 0 Å². The molecule has 2 nitrogen and oxygen atoms in total. The van der Waals surface area contributed by atoms with E-state index in [1.54, 1.807) is 0 Å². The lowest BCUT2D eigenvalue weighted by Gasteiger charge is -2.27. The number of hydrogen-bond donors (Lipinski definition) is 0. The number of allylic oxidation sites excluding steroid dienone is 7. The van der Waals surface area contributed by atoms with E-state index in [0.29, 0.717) is 12.1 Å². The molecule has 234 valence electrons. The highest BCUT2D eigenvalue weighted by molar-refractivity contribution is 6.32. The molecule has 0 aromatic heterocycles. The maximum Gasteiger partial charge on any atom is 0.167 e. The lowest BCUT2D eigenvalue weighted by Crippen LogP contribution is -2.31. The quantitative estimate of drug-likeness (QED) is 0.193. The fourth-order valence-electron chi connectivity index (χ4n) is 8.66. The largest absolute Gasteiger partial charge is 0.344 e. The van der Waals surface area contributed by atoms with Gasteiger partial charge in [-0.1, -0.05) is 87.5 Å². The molecule has 44 heavy (non-hydrogen) atoms. The zero-order valence-corrected chi connectivity index (χ0v) is 29.6. The Morgan fingerprint density at radius 3 is 2.32 bits per heavy atom. The zero-order chi connectivity index (χ0) is 31.4. The van der Waals surface area contributed by atoms with Crippen molar-refractivity contribution in [3.05, 3.63) is 104 Å². The summed E-state index contributed by atoms with van der Waals surface area (Å²) in [6, 6.07) is 14.0. The Morgan fingerprint density at radius 2 is 1.59 bits per heavy atom. The second-order valence-electron chi connectivity index (χ2n) is 14.4. The van der Waals surface area contributed by atoms with Crippen LogP contribution >= 0.6 is 34.8 Å².